The summed E-state index contributed by atoms with van der Waals surface area (Å²) >= 11 is 0. The number of benzene rings is 2. The van der Waals surface area contributed by atoms with Crippen molar-refractivity contribution in [1.29, 1.82) is 0 Å². The standard InChI is InChI=1S/C17H20FNO2/c18-17-5-2-1-4-15(17)13-20-10-3-11-21-16-8-6-14(12-19)7-9-16/h1-2,4-9H,3,10-13,19H2. The van der Waals surface area contributed by atoms with Crippen molar-refractivity contribution in [2.75, 3.05) is 13.2 Å². The summed E-state index contributed by atoms with van der Waals surface area (Å²) in [7, 11) is 0. The van der Waals surface area contributed by atoms with Crippen molar-refractivity contribution in [2.24, 2.45) is 5.73 Å². The number of ether oxygens (including phenoxy) is 2. The van der Waals surface area contributed by atoms with Crippen LogP contribution in [0.2, 0.25) is 0 Å². The molecule has 0 bridgehead atoms. The topological polar surface area (TPSA) is 44.5 Å². The average Bonchev–Trinajstić information content (AvgIpc) is 2.53. The molecule has 2 N–H and O–H groups in total. The lowest BCUT2D eigenvalue weighted by atomic mass is 10.2. The zero-order valence-electron chi connectivity index (χ0n) is 11.9. The average molecular weight is 289 g/mol. The Kier molecular flexibility index (Phi) is 6.19. The molecule has 0 fully saturated rings. The zero-order valence-corrected chi connectivity index (χ0v) is 11.9. The predicted molar refractivity (Wildman–Crippen MR) is 80.5 cm³/mol. The minimum atomic E-state index is -0.228. The first kappa shape index (κ1) is 15.5. The van der Waals surface area contributed by atoms with Gasteiger partial charge in [-0.2, -0.15) is 0 Å². The highest BCUT2D eigenvalue weighted by Crippen LogP contribution is 2.12. The first-order chi connectivity index (χ1) is 10.3. The molecule has 21 heavy (non-hydrogen) atoms. The maximum Gasteiger partial charge on any atom is 0.128 e. The van der Waals surface area contributed by atoms with E-state index < -0.39 is 0 Å². The van der Waals surface area contributed by atoms with Crippen molar-refractivity contribution in [3.8, 4) is 5.75 Å². The van der Waals surface area contributed by atoms with Crippen molar-refractivity contribution in [2.45, 2.75) is 19.6 Å². The van der Waals surface area contributed by atoms with E-state index in [9.17, 15) is 4.39 Å². The van der Waals surface area contributed by atoms with Gasteiger partial charge < -0.3 is 15.2 Å². The smallest absolute Gasteiger partial charge is 0.128 e. The fraction of sp³-hybridized carbons (Fsp3) is 0.294. The van der Waals surface area contributed by atoms with Gasteiger partial charge in [0.15, 0.2) is 0 Å². The summed E-state index contributed by atoms with van der Waals surface area (Å²) in [6, 6.07) is 14.3. The predicted octanol–water partition coefficient (Wildman–Crippen LogP) is 3.27. The van der Waals surface area contributed by atoms with Gasteiger partial charge >= 0.3 is 0 Å². The van der Waals surface area contributed by atoms with E-state index in [1.807, 2.05) is 24.3 Å². The molecule has 0 amide bonds. The van der Waals surface area contributed by atoms with Crippen LogP contribution in [0.5, 0.6) is 5.75 Å². The van der Waals surface area contributed by atoms with Crippen LogP contribution in [0.4, 0.5) is 4.39 Å². The fourth-order valence-electron chi connectivity index (χ4n) is 1.87. The lowest BCUT2D eigenvalue weighted by molar-refractivity contribution is 0.105. The minimum absolute atomic E-state index is 0.228. The van der Waals surface area contributed by atoms with E-state index in [0.717, 1.165) is 17.7 Å². The number of hydrogen-bond donors (Lipinski definition) is 1. The summed E-state index contributed by atoms with van der Waals surface area (Å²) in [5.41, 5.74) is 7.19. The Morgan fingerprint density at radius 3 is 2.43 bits per heavy atom. The van der Waals surface area contributed by atoms with Crippen LogP contribution in [0.15, 0.2) is 48.5 Å². The van der Waals surface area contributed by atoms with Crippen molar-refractivity contribution >= 4 is 0 Å². The number of halogens is 1. The second-order valence-electron chi connectivity index (χ2n) is 4.69. The van der Waals surface area contributed by atoms with Crippen molar-refractivity contribution in [3.63, 3.8) is 0 Å². The molecule has 2 aromatic carbocycles. The summed E-state index contributed by atoms with van der Waals surface area (Å²) in [4.78, 5) is 0. The second kappa shape index (κ2) is 8.39. The molecule has 4 heteroatoms. The normalized spacial score (nSPS) is 10.6. The molecule has 2 aromatic rings. The van der Waals surface area contributed by atoms with Gasteiger partial charge in [0.05, 0.1) is 19.8 Å². The van der Waals surface area contributed by atoms with E-state index in [2.05, 4.69) is 0 Å². The van der Waals surface area contributed by atoms with Gasteiger partial charge in [0.1, 0.15) is 11.6 Å². The molecule has 0 radical (unpaired) electrons. The summed E-state index contributed by atoms with van der Waals surface area (Å²) in [5.74, 6) is 0.593. The van der Waals surface area contributed by atoms with Crippen molar-refractivity contribution in [1.82, 2.24) is 0 Å². The van der Waals surface area contributed by atoms with Gasteiger partial charge in [-0.05, 0) is 23.8 Å². The van der Waals surface area contributed by atoms with Crippen LogP contribution in [0.25, 0.3) is 0 Å². The van der Waals surface area contributed by atoms with Gasteiger partial charge in [0.25, 0.3) is 0 Å². The second-order valence-corrected chi connectivity index (χ2v) is 4.69. The minimum Gasteiger partial charge on any atom is -0.494 e. The van der Waals surface area contributed by atoms with Gasteiger partial charge in [-0.1, -0.05) is 30.3 Å². The summed E-state index contributed by atoms with van der Waals surface area (Å²) in [5, 5.41) is 0. The van der Waals surface area contributed by atoms with Gasteiger partial charge in [0, 0.05) is 18.5 Å². The van der Waals surface area contributed by atoms with Gasteiger partial charge in [0.2, 0.25) is 0 Å². The molecule has 2 rings (SSSR count). The van der Waals surface area contributed by atoms with E-state index in [0.29, 0.717) is 25.3 Å². The third kappa shape index (κ3) is 5.17. The number of rotatable bonds is 8. The molecule has 0 atom stereocenters. The highest BCUT2D eigenvalue weighted by molar-refractivity contribution is 5.27. The summed E-state index contributed by atoms with van der Waals surface area (Å²) < 4.78 is 24.4. The molecule has 0 heterocycles. The molecule has 0 aliphatic carbocycles. The first-order valence-electron chi connectivity index (χ1n) is 7.02. The van der Waals surface area contributed by atoms with Crippen molar-refractivity contribution < 1.29 is 13.9 Å². The molecule has 0 aliphatic heterocycles. The Balaban J connectivity index is 1.60. The molecule has 0 aliphatic rings. The van der Waals surface area contributed by atoms with Gasteiger partial charge in [-0.25, -0.2) is 4.39 Å². The van der Waals surface area contributed by atoms with Crippen LogP contribution < -0.4 is 10.5 Å². The highest BCUT2D eigenvalue weighted by atomic mass is 19.1. The number of hydrogen-bond acceptors (Lipinski definition) is 3. The Bertz CT molecular complexity index is 543. The number of nitrogens with two attached hydrogens (primary N) is 1. The maximum atomic E-state index is 13.3. The van der Waals surface area contributed by atoms with E-state index in [4.69, 9.17) is 15.2 Å². The third-order valence-corrected chi connectivity index (χ3v) is 3.08. The van der Waals surface area contributed by atoms with Gasteiger partial charge in [-0.3, -0.25) is 0 Å². The molecule has 0 unspecified atom stereocenters. The van der Waals surface area contributed by atoms with Crippen LogP contribution in [-0.4, -0.2) is 13.2 Å². The Morgan fingerprint density at radius 1 is 0.952 bits per heavy atom. The lowest BCUT2D eigenvalue weighted by Crippen LogP contribution is -2.04. The Labute approximate surface area is 124 Å². The van der Waals surface area contributed by atoms with E-state index in [-0.39, 0.29) is 12.4 Å². The molecule has 0 saturated carbocycles. The van der Waals surface area contributed by atoms with Crippen LogP contribution in [-0.2, 0) is 17.9 Å². The Morgan fingerprint density at radius 2 is 1.71 bits per heavy atom. The molecule has 3 nitrogen and oxygen atoms in total. The van der Waals surface area contributed by atoms with Crippen LogP contribution in [0.1, 0.15) is 17.5 Å². The monoisotopic (exact) mass is 289 g/mol. The first-order valence-corrected chi connectivity index (χ1v) is 7.02. The van der Waals surface area contributed by atoms with Crippen LogP contribution in [0, 0.1) is 5.82 Å². The van der Waals surface area contributed by atoms with Crippen molar-refractivity contribution in [3.05, 3.63) is 65.5 Å². The fourth-order valence-corrected chi connectivity index (χ4v) is 1.87. The molecule has 0 aromatic heterocycles. The Hall–Kier alpha value is -1.91. The van der Waals surface area contributed by atoms with Crippen LogP contribution in [0.3, 0.4) is 0 Å². The van der Waals surface area contributed by atoms with E-state index in [1.54, 1.807) is 18.2 Å². The lowest BCUT2D eigenvalue weighted by Gasteiger charge is -2.08. The van der Waals surface area contributed by atoms with Crippen LogP contribution >= 0.6 is 0 Å². The highest BCUT2D eigenvalue weighted by Gasteiger charge is 2.00. The third-order valence-electron chi connectivity index (χ3n) is 3.08. The molecular weight excluding hydrogens is 269 g/mol. The molecule has 0 spiro atoms. The maximum absolute atomic E-state index is 13.3. The summed E-state index contributed by atoms with van der Waals surface area (Å²) in [6.07, 6.45) is 0.757. The van der Waals surface area contributed by atoms with E-state index in [1.165, 1.54) is 6.07 Å². The largest absolute Gasteiger partial charge is 0.494 e. The SMILES string of the molecule is NCc1ccc(OCCCOCc2ccccc2F)cc1. The molecular formula is C17H20FNO2. The molecule has 112 valence electrons. The quantitative estimate of drug-likeness (QED) is 0.759. The summed E-state index contributed by atoms with van der Waals surface area (Å²) in [6.45, 7) is 1.93. The molecule has 0 saturated heterocycles. The van der Waals surface area contributed by atoms with E-state index >= 15 is 0 Å². The zero-order chi connectivity index (χ0) is 14.9. The van der Waals surface area contributed by atoms with Gasteiger partial charge in [-0.15, -0.1) is 0 Å².